The van der Waals surface area contributed by atoms with Crippen LogP contribution in [-0.4, -0.2) is 25.8 Å². The predicted octanol–water partition coefficient (Wildman–Crippen LogP) is 3.04. The maximum atomic E-state index is 11.5. The number of thiophene rings is 1. The van der Waals surface area contributed by atoms with Gasteiger partial charge in [0.2, 0.25) is 0 Å². The molecule has 3 nitrogen and oxygen atoms in total. The average molecular weight is 256 g/mol. The Balaban J connectivity index is 2.30. The molecular weight excluding hydrogens is 236 g/mol. The van der Waals surface area contributed by atoms with Crippen LogP contribution in [0.4, 0.5) is 0 Å². The molecule has 1 heterocycles. The number of methoxy groups -OCH3 is 1. The molecule has 1 aromatic rings. The Morgan fingerprint density at radius 1 is 1.53 bits per heavy atom. The molecule has 0 bridgehead atoms. The molecule has 0 fully saturated rings. The van der Waals surface area contributed by atoms with Crippen LogP contribution in [0.15, 0.2) is 17.5 Å². The lowest BCUT2D eigenvalue weighted by atomic mass is 10.1. The molecule has 0 spiro atoms. The molecule has 0 N–H and O–H groups in total. The predicted molar refractivity (Wildman–Crippen MR) is 69.3 cm³/mol. The highest BCUT2D eigenvalue weighted by atomic mass is 32.1. The summed E-state index contributed by atoms with van der Waals surface area (Å²) in [5.74, 6) is -0.260. The van der Waals surface area contributed by atoms with E-state index in [9.17, 15) is 4.79 Å². The van der Waals surface area contributed by atoms with E-state index in [-0.39, 0.29) is 5.97 Å². The van der Waals surface area contributed by atoms with Crippen LogP contribution in [0.2, 0.25) is 0 Å². The monoisotopic (exact) mass is 256 g/mol. The number of esters is 1. The highest BCUT2D eigenvalue weighted by Crippen LogP contribution is 2.11. The van der Waals surface area contributed by atoms with Crippen molar-refractivity contribution in [3.8, 4) is 0 Å². The zero-order valence-electron chi connectivity index (χ0n) is 10.5. The summed E-state index contributed by atoms with van der Waals surface area (Å²) in [5, 5.41) is 2.05. The van der Waals surface area contributed by atoms with Gasteiger partial charge in [-0.25, -0.2) is 4.79 Å². The molecule has 0 aromatic carbocycles. The van der Waals surface area contributed by atoms with Crippen molar-refractivity contribution in [3.05, 3.63) is 22.4 Å². The van der Waals surface area contributed by atoms with Crippen molar-refractivity contribution in [1.82, 2.24) is 0 Å². The summed E-state index contributed by atoms with van der Waals surface area (Å²) in [6.45, 7) is 2.67. The third-order valence-corrected chi connectivity index (χ3v) is 3.47. The number of rotatable bonds is 8. The number of ether oxygens (including phenoxy) is 2. The van der Waals surface area contributed by atoms with Crippen LogP contribution in [0.25, 0.3) is 0 Å². The van der Waals surface area contributed by atoms with Crippen molar-refractivity contribution in [2.24, 2.45) is 0 Å². The largest absolute Gasteiger partial charge is 0.467 e. The van der Waals surface area contributed by atoms with Gasteiger partial charge in [0.25, 0.3) is 0 Å². The van der Waals surface area contributed by atoms with E-state index < -0.39 is 6.10 Å². The highest BCUT2D eigenvalue weighted by Gasteiger charge is 2.18. The van der Waals surface area contributed by atoms with Gasteiger partial charge in [-0.2, -0.15) is 0 Å². The molecular formula is C13H20O3S. The Hall–Kier alpha value is -0.870. The van der Waals surface area contributed by atoms with E-state index in [1.807, 2.05) is 11.4 Å². The zero-order chi connectivity index (χ0) is 12.5. The standard InChI is InChI=1S/C13H20O3S/c1-3-4-7-12(13(14)15-2)16-9-8-11-6-5-10-17-11/h5-6,10,12H,3-4,7-9H2,1-2H3. The highest BCUT2D eigenvalue weighted by molar-refractivity contribution is 7.09. The van der Waals surface area contributed by atoms with Gasteiger partial charge in [0.15, 0.2) is 6.10 Å². The molecule has 0 aliphatic rings. The number of hydrogen-bond donors (Lipinski definition) is 0. The van der Waals surface area contributed by atoms with Crippen LogP contribution >= 0.6 is 11.3 Å². The second-order valence-electron chi connectivity index (χ2n) is 3.85. The Morgan fingerprint density at radius 2 is 2.35 bits per heavy atom. The van der Waals surface area contributed by atoms with Crippen molar-refractivity contribution >= 4 is 17.3 Å². The van der Waals surface area contributed by atoms with Crippen LogP contribution < -0.4 is 0 Å². The zero-order valence-corrected chi connectivity index (χ0v) is 11.3. The van der Waals surface area contributed by atoms with Crippen LogP contribution in [0.1, 0.15) is 31.1 Å². The van der Waals surface area contributed by atoms with Gasteiger partial charge in [-0.05, 0) is 17.9 Å². The van der Waals surface area contributed by atoms with Gasteiger partial charge in [-0.15, -0.1) is 11.3 Å². The van der Waals surface area contributed by atoms with Gasteiger partial charge >= 0.3 is 5.97 Å². The minimum atomic E-state index is -0.403. The molecule has 4 heteroatoms. The molecule has 0 saturated heterocycles. The normalized spacial score (nSPS) is 12.4. The van der Waals surface area contributed by atoms with E-state index in [0.717, 1.165) is 25.7 Å². The Kier molecular flexibility index (Phi) is 6.89. The third kappa shape index (κ3) is 5.33. The molecule has 1 unspecified atom stereocenters. The summed E-state index contributed by atoms with van der Waals surface area (Å²) < 4.78 is 10.3. The van der Waals surface area contributed by atoms with Crippen LogP contribution in [-0.2, 0) is 20.7 Å². The lowest BCUT2D eigenvalue weighted by Gasteiger charge is -2.14. The second kappa shape index (κ2) is 8.25. The average Bonchev–Trinajstić information content (AvgIpc) is 2.85. The van der Waals surface area contributed by atoms with Crippen LogP contribution in [0.3, 0.4) is 0 Å². The first-order valence-corrected chi connectivity index (χ1v) is 6.87. The first-order valence-electron chi connectivity index (χ1n) is 5.99. The molecule has 1 rings (SSSR count). The first kappa shape index (κ1) is 14.2. The van der Waals surface area contributed by atoms with Crippen molar-refractivity contribution in [1.29, 1.82) is 0 Å². The molecule has 96 valence electrons. The molecule has 0 amide bonds. The summed E-state index contributed by atoms with van der Waals surface area (Å²) in [6.07, 6.45) is 3.24. The summed E-state index contributed by atoms with van der Waals surface area (Å²) >= 11 is 1.71. The Morgan fingerprint density at radius 3 is 2.94 bits per heavy atom. The SMILES string of the molecule is CCCCC(OCCc1cccs1)C(=O)OC. The van der Waals surface area contributed by atoms with Gasteiger partial charge in [-0.1, -0.05) is 25.8 Å². The second-order valence-corrected chi connectivity index (χ2v) is 4.89. The minimum absolute atomic E-state index is 0.260. The van der Waals surface area contributed by atoms with Gasteiger partial charge in [0.1, 0.15) is 0 Å². The Labute approximate surface area is 107 Å². The molecule has 0 aliphatic carbocycles. The molecule has 0 radical (unpaired) electrons. The van der Waals surface area contributed by atoms with E-state index >= 15 is 0 Å². The first-order chi connectivity index (χ1) is 8.27. The smallest absolute Gasteiger partial charge is 0.334 e. The number of carbonyl (C=O) groups excluding carboxylic acids is 1. The number of unbranched alkanes of at least 4 members (excludes halogenated alkanes) is 1. The lowest BCUT2D eigenvalue weighted by Crippen LogP contribution is -2.26. The van der Waals surface area contributed by atoms with Crippen molar-refractivity contribution in [2.45, 2.75) is 38.7 Å². The van der Waals surface area contributed by atoms with E-state index in [0.29, 0.717) is 6.61 Å². The van der Waals surface area contributed by atoms with Crippen molar-refractivity contribution < 1.29 is 14.3 Å². The topological polar surface area (TPSA) is 35.5 Å². The fourth-order valence-electron chi connectivity index (χ4n) is 1.55. The van der Waals surface area contributed by atoms with E-state index in [1.54, 1.807) is 11.3 Å². The summed E-state index contributed by atoms with van der Waals surface area (Å²) in [4.78, 5) is 12.7. The summed E-state index contributed by atoms with van der Waals surface area (Å²) in [6, 6.07) is 4.10. The number of carbonyl (C=O) groups is 1. The summed E-state index contributed by atoms with van der Waals surface area (Å²) in [7, 11) is 1.41. The van der Waals surface area contributed by atoms with E-state index in [2.05, 4.69) is 13.0 Å². The maximum absolute atomic E-state index is 11.5. The third-order valence-electron chi connectivity index (χ3n) is 2.53. The quantitative estimate of drug-likeness (QED) is 0.671. The van der Waals surface area contributed by atoms with Gasteiger partial charge in [0, 0.05) is 11.3 Å². The fraction of sp³-hybridized carbons (Fsp3) is 0.615. The van der Waals surface area contributed by atoms with Crippen LogP contribution in [0.5, 0.6) is 0 Å². The van der Waals surface area contributed by atoms with Crippen LogP contribution in [0, 0.1) is 0 Å². The molecule has 17 heavy (non-hydrogen) atoms. The minimum Gasteiger partial charge on any atom is -0.467 e. The molecule has 1 atom stereocenters. The molecule has 0 saturated carbocycles. The Bertz CT molecular complexity index is 308. The maximum Gasteiger partial charge on any atom is 0.334 e. The number of hydrogen-bond acceptors (Lipinski definition) is 4. The van der Waals surface area contributed by atoms with E-state index in [1.165, 1.54) is 12.0 Å². The van der Waals surface area contributed by atoms with E-state index in [4.69, 9.17) is 9.47 Å². The van der Waals surface area contributed by atoms with Gasteiger partial charge in [-0.3, -0.25) is 0 Å². The summed E-state index contributed by atoms with van der Waals surface area (Å²) in [5.41, 5.74) is 0. The lowest BCUT2D eigenvalue weighted by molar-refractivity contribution is -0.154. The molecule has 0 aliphatic heterocycles. The van der Waals surface area contributed by atoms with Gasteiger partial charge < -0.3 is 9.47 Å². The van der Waals surface area contributed by atoms with Crippen molar-refractivity contribution in [2.75, 3.05) is 13.7 Å². The van der Waals surface area contributed by atoms with Gasteiger partial charge in [0.05, 0.1) is 13.7 Å². The molecule has 1 aromatic heterocycles. The fourth-order valence-corrected chi connectivity index (χ4v) is 2.24. The van der Waals surface area contributed by atoms with Crippen molar-refractivity contribution in [3.63, 3.8) is 0 Å².